The highest BCUT2D eigenvalue weighted by Crippen LogP contribution is 2.41. The molecule has 0 bridgehead atoms. The van der Waals surface area contributed by atoms with Crippen LogP contribution in [0.3, 0.4) is 0 Å². The van der Waals surface area contributed by atoms with Crippen molar-refractivity contribution in [1.82, 2.24) is 5.32 Å². The van der Waals surface area contributed by atoms with Gasteiger partial charge in [-0.05, 0) is 38.0 Å². The molecule has 0 aliphatic heterocycles. The fourth-order valence-electron chi connectivity index (χ4n) is 2.99. The summed E-state index contributed by atoms with van der Waals surface area (Å²) in [6, 6.07) is 0.350. The Bertz CT molecular complexity index is 275. The predicted octanol–water partition coefficient (Wildman–Crippen LogP) is 2.89. The first-order valence-electron chi connectivity index (χ1n) is 6.71. The minimum Gasteiger partial charge on any atom is -0.468 e. The third-order valence-corrected chi connectivity index (χ3v) is 3.95. The van der Waals surface area contributed by atoms with Crippen molar-refractivity contribution >= 4 is 5.97 Å². The minimum absolute atomic E-state index is 0.0921. The highest BCUT2D eigenvalue weighted by Gasteiger charge is 2.46. The maximum absolute atomic E-state index is 12.1. The maximum atomic E-state index is 12.1. The van der Waals surface area contributed by atoms with Crippen LogP contribution >= 0.6 is 0 Å². The molecule has 0 amide bonds. The molecule has 1 N–H and O–H groups in total. The molecule has 0 heterocycles. The normalized spacial score (nSPS) is 29.7. The molecule has 0 aromatic carbocycles. The van der Waals surface area contributed by atoms with E-state index in [1.165, 1.54) is 13.5 Å². The molecule has 3 nitrogen and oxygen atoms in total. The molecule has 100 valence electrons. The minimum atomic E-state index is -0.466. The molecule has 0 spiro atoms. The van der Waals surface area contributed by atoms with Gasteiger partial charge < -0.3 is 4.74 Å². The highest BCUT2D eigenvalue weighted by molar-refractivity contribution is 5.81. The Morgan fingerprint density at radius 2 is 2.06 bits per heavy atom. The second-order valence-electron chi connectivity index (χ2n) is 6.22. The third kappa shape index (κ3) is 3.44. The largest absolute Gasteiger partial charge is 0.468 e. The molecule has 0 aromatic heterocycles. The number of esters is 1. The Hall–Kier alpha value is -0.570. The van der Waals surface area contributed by atoms with E-state index in [0.29, 0.717) is 6.04 Å². The number of rotatable bonds is 4. The van der Waals surface area contributed by atoms with Crippen molar-refractivity contribution in [3.05, 3.63) is 0 Å². The van der Waals surface area contributed by atoms with Crippen LogP contribution in [0.2, 0.25) is 0 Å². The molecule has 1 rings (SSSR count). The first-order valence-corrected chi connectivity index (χ1v) is 6.71. The fraction of sp³-hybridized carbons (Fsp3) is 0.929. The Kier molecular flexibility index (Phi) is 4.59. The summed E-state index contributed by atoms with van der Waals surface area (Å²) in [5.41, 5.74) is -0.251. The zero-order valence-corrected chi connectivity index (χ0v) is 11.9. The van der Waals surface area contributed by atoms with Crippen LogP contribution in [0.4, 0.5) is 0 Å². The van der Waals surface area contributed by atoms with Crippen LogP contribution in [-0.4, -0.2) is 24.7 Å². The van der Waals surface area contributed by atoms with Crippen molar-refractivity contribution in [3.63, 3.8) is 0 Å². The van der Waals surface area contributed by atoms with Gasteiger partial charge in [0.1, 0.15) is 5.54 Å². The van der Waals surface area contributed by atoms with Gasteiger partial charge in [-0.2, -0.15) is 0 Å². The fourth-order valence-corrected chi connectivity index (χ4v) is 2.99. The summed E-state index contributed by atoms with van der Waals surface area (Å²) in [4.78, 5) is 12.1. The van der Waals surface area contributed by atoms with Crippen molar-refractivity contribution in [2.45, 2.75) is 71.4 Å². The highest BCUT2D eigenvalue weighted by atomic mass is 16.5. The van der Waals surface area contributed by atoms with Gasteiger partial charge in [0.05, 0.1) is 7.11 Å². The van der Waals surface area contributed by atoms with Gasteiger partial charge >= 0.3 is 5.97 Å². The molecule has 2 atom stereocenters. The van der Waals surface area contributed by atoms with E-state index in [9.17, 15) is 4.79 Å². The van der Waals surface area contributed by atoms with E-state index in [1.54, 1.807) is 0 Å². The van der Waals surface area contributed by atoms with E-state index < -0.39 is 5.54 Å². The van der Waals surface area contributed by atoms with Gasteiger partial charge in [-0.25, -0.2) is 0 Å². The van der Waals surface area contributed by atoms with Crippen LogP contribution in [0.1, 0.15) is 59.8 Å². The van der Waals surface area contributed by atoms with E-state index in [1.807, 2.05) is 0 Å². The molecule has 3 heteroatoms. The molecule has 1 aliphatic rings. The Labute approximate surface area is 105 Å². The van der Waals surface area contributed by atoms with Gasteiger partial charge in [-0.3, -0.25) is 10.1 Å². The van der Waals surface area contributed by atoms with Crippen LogP contribution < -0.4 is 5.32 Å². The van der Waals surface area contributed by atoms with Gasteiger partial charge in [0.2, 0.25) is 0 Å². The summed E-state index contributed by atoms with van der Waals surface area (Å²) in [5, 5.41) is 3.51. The molecule has 0 radical (unpaired) electrons. The number of carbonyl (C=O) groups excluding carboxylic acids is 1. The lowest BCUT2D eigenvalue weighted by atomic mass is 9.67. The van der Waals surface area contributed by atoms with Crippen molar-refractivity contribution < 1.29 is 9.53 Å². The SMILES string of the molecule is CCC(C)NC1(C(=O)OC)CCCC(C)(C)C1. The van der Waals surface area contributed by atoms with Crippen LogP contribution in [0, 0.1) is 5.41 Å². The smallest absolute Gasteiger partial charge is 0.326 e. The number of hydrogen-bond acceptors (Lipinski definition) is 3. The first kappa shape index (κ1) is 14.5. The lowest BCUT2D eigenvalue weighted by Gasteiger charge is -2.44. The van der Waals surface area contributed by atoms with Crippen LogP contribution in [0.25, 0.3) is 0 Å². The molecule has 0 saturated heterocycles. The standard InChI is InChI=1S/C14H27NO2/c1-6-11(2)15-14(12(16)17-5)9-7-8-13(3,4)10-14/h11,15H,6-10H2,1-5H3. The number of ether oxygens (including phenoxy) is 1. The van der Waals surface area contributed by atoms with Gasteiger partial charge in [0.25, 0.3) is 0 Å². The van der Waals surface area contributed by atoms with Gasteiger partial charge in [-0.15, -0.1) is 0 Å². The molecule has 1 aliphatic carbocycles. The van der Waals surface area contributed by atoms with Crippen LogP contribution in [0.15, 0.2) is 0 Å². The summed E-state index contributed by atoms with van der Waals surface area (Å²) in [5.74, 6) is -0.0921. The van der Waals surface area contributed by atoms with E-state index in [-0.39, 0.29) is 11.4 Å². The monoisotopic (exact) mass is 241 g/mol. The Morgan fingerprint density at radius 1 is 1.41 bits per heavy atom. The summed E-state index contributed by atoms with van der Waals surface area (Å²) < 4.78 is 5.03. The van der Waals surface area contributed by atoms with Crippen molar-refractivity contribution in [1.29, 1.82) is 0 Å². The zero-order chi connectivity index (χ0) is 13.1. The maximum Gasteiger partial charge on any atom is 0.326 e. The average molecular weight is 241 g/mol. The lowest BCUT2D eigenvalue weighted by molar-refractivity contribution is -0.152. The topological polar surface area (TPSA) is 38.3 Å². The number of hydrogen-bond donors (Lipinski definition) is 1. The average Bonchev–Trinajstić information content (AvgIpc) is 2.26. The van der Waals surface area contributed by atoms with Crippen molar-refractivity contribution in [3.8, 4) is 0 Å². The van der Waals surface area contributed by atoms with Crippen molar-refractivity contribution in [2.75, 3.05) is 7.11 Å². The number of carbonyl (C=O) groups is 1. The summed E-state index contributed by atoms with van der Waals surface area (Å²) in [7, 11) is 1.49. The van der Waals surface area contributed by atoms with E-state index in [0.717, 1.165) is 25.7 Å². The third-order valence-electron chi connectivity index (χ3n) is 3.95. The predicted molar refractivity (Wildman–Crippen MR) is 69.9 cm³/mol. The van der Waals surface area contributed by atoms with E-state index >= 15 is 0 Å². The summed E-state index contributed by atoms with van der Waals surface area (Å²) in [6.07, 6.45) is 5.07. The molecular formula is C14H27NO2. The van der Waals surface area contributed by atoms with Gasteiger partial charge in [-0.1, -0.05) is 27.2 Å². The molecule has 2 unspecified atom stereocenters. The Balaban J connectivity index is 2.89. The second kappa shape index (κ2) is 5.38. The van der Waals surface area contributed by atoms with E-state index in [2.05, 4.69) is 33.0 Å². The molecule has 1 saturated carbocycles. The van der Waals surface area contributed by atoms with E-state index in [4.69, 9.17) is 4.74 Å². The number of nitrogens with one attached hydrogen (secondary N) is 1. The summed E-state index contributed by atoms with van der Waals surface area (Å²) in [6.45, 7) is 8.74. The Morgan fingerprint density at radius 3 is 2.53 bits per heavy atom. The quantitative estimate of drug-likeness (QED) is 0.769. The lowest BCUT2D eigenvalue weighted by Crippen LogP contribution is -2.59. The zero-order valence-electron chi connectivity index (χ0n) is 11.9. The van der Waals surface area contributed by atoms with Gasteiger partial charge in [0.15, 0.2) is 0 Å². The number of methoxy groups -OCH3 is 1. The van der Waals surface area contributed by atoms with Crippen LogP contribution in [-0.2, 0) is 9.53 Å². The molecule has 0 aromatic rings. The summed E-state index contributed by atoms with van der Waals surface area (Å²) >= 11 is 0. The first-order chi connectivity index (χ1) is 7.85. The van der Waals surface area contributed by atoms with Gasteiger partial charge in [0, 0.05) is 6.04 Å². The van der Waals surface area contributed by atoms with Crippen molar-refractivity contribution in [2.24, 2.45) is 5.41 Å². The molecule has 17 heavy (non-hydrogen) atoms. The molecular weight excluding hydrogens is 214 g/mol. The second-order valence-corrected chi connectivity index (χ2v) is 6.22. The molecule has 1 fully saturated rings. The van der Waals surface area contributed by atoms with Crippen LogP contribution in [0.5, 0.6) is 0 Å².